The lowest BCUT2D eigenvalue weighted by Crippen LogP contribution is -2.40. The number of ether oxygens (including phenoxy) is 1. The minimum absolute atomic E-state index is 0.0260. The number of nitrogens with zero attached hydrogens (tertiary/aromatic N) is 1. The second-order valence-corrected chi connectivity index (χ2v) is 5.60. The van der Waals surface area contributed by atoms with Gasteiger partial charge in [0.15, 0.2) is 0 Å². The molecule has 0 saturated carbocycles. The molecule has 1 aromatic carbocycles. The van der Waals surface area contributed by atoms with Gasteiger partial charge in [-0.15, -0.1) is 0 Å². The van der Waals surface area contributed by atoms with E-state index in [0.717, 1.165) is 5.56 Å². The van der Waals surface area contributed by atoms with Crippen molar-refractivity contribution in [2.24, 2.45) is 0 Å². The average molecular weight is 278 g/mol. The molecule has 0 fully saturated rings. The zero-order valence-corrected chi connectivity index (χ0v) is 12.5. The summed E-state index contributed by atoms with van der Waals surface area (Å²) in [6.45, 7) is 5.78. The molecule has 0 heterocycles. The number of carbonyl (C=O) groups is 2. The van der Waals surface area contributed by atoms with Crippen LogP contribution >= 0.6 is 0 Å². The van der Waals surface area contributed by atoms with Gasteiger partial charge in [0, 0.05) is 13.6 Å². The standard InChI is InChI=1S/C15H22N2O3/c1-15(2,3)20-14(19)17(4)11-13(18)16-10-12-8-6-5-7-9-12/h5-9H,10-11H2,1-4H3,(H,16,18). The molecule has 0 atom stereocenters. The summed E-state index contributed by atoms with van der Waals surface area (Å²) in [7, 11) is 1.54. The van der Waals surface area contributed by atoms with Gasteiger partial charge in [-0.3, -0.25) is 4.79 Å². The number of amides is 2. The Kier molecular flexibility index (Phi) is 5.55. The lowest BCUT2D eigenvalue weighted by atomic mass is 10.2. The van der Waals surface area contributed by atoms with Crippen LogP contribution in [0.4, 0.5) is 4.79 Å². The van der Waals surface area contributed by atoms with Gasteiger partial charge in [-0.25, -0.2) is 4.79 Å². The van der Waals surface area contributed by atoms with Crippen LogP contribution in [0.1, 0.15) is 26.3 Å². The van der Waals surface area contributed by atoms with E-state index in [9.17, 15) is 9.59 Å². The van der Waals surface area contributed by atoms with Crippen molar-refractivity contribution >= 4 is 12.0 Å². The SMILES string of the molecule is CN(CC(=O)NCc1ccccc1)C(=O)OC(C)(C)C. The third-order valence-corrected chi connectivity index (χ3v) is 2.42. The minimum atomic E-state index is -0.564. The normalized spacial score (nSPS) is 10.8. The maximum Gasteiger partial charge on any atom is 0.410 e. The fraction of sp³-hybridized carbons (Fsp3) is 0.467. The molecule has 2 amide bonds. The fourth-order valence-electron chi connectivity index (χ4n) is 1.47. The molecule has 20 heavy (non-hydrogen) atoms. The summed E-state index contributed by atoms with van der Waals surface area (Å²) >= 11 is 0. The number of hydrogen-bond donors (Lipinski definition) is 1. The summed E-state index contributed by atoms with van der Waals surface area (Å²) in [6.07, 6.45) is -0.507. The van der Waals surface area contributed by atoms with Crippen LogP contribution in [-0.2, 0) is 16.1 Å². The fourth-order valence-corrected chi connectivity index (χ4v) is 1.47. The zero-order valence-electron chi connectivity index (χ0n) is 12.5. The summed E-state index contributed by atoms with van der Waals surface area (Å²) < 4.78 is 5.17. The number of likely N-dealkylation sites (N-methyl/N-ethyl adjacent to an activating group) is 1. The minimum Gasteiger partial charge on any atom is -0.444 e. The lowest BCUT2D eigenvalue weighted by molar-refractivity contribution is -0.122. The van der Waals surface area contributed by atoms with Crippen LogP contribution in [0.3, 0.4) is 0 Å². The Morgan fingerprint density at radius 2 is 1.80 bits per heavy atom. The van der Waals surface area contributed by atoms with Crippen molar-refractivity contribution in [1.29, 1.82) is 0 Å². The number of hydrogen-bond acceptors (Lipinski definition) is 3. The van der Waals surface area contributed by atoms with Gasteiger partial charge in [0.1, 0.15) is 12.1 Å². The highest BCUT2D eigenvalue weighted by atomic mass is 16.6. The Hall–Kier alpha value is -2.04. The topological polar surface area (TPSA) is 58.6 Å². The highest BCUT2D eigenvalue weighted by molar-refractivity contribution is 5.82. The van der Waals surface area contributed by atoms with E-state index in [-0.39, 0.29) is 12.5 Å². The summed E-state index contributed by atoms with van der Waals surface area (Å²) in [5, 5.41) is 2.76. The summed E-state index contributed by atoms with van der Waals surface area (Å²) in [4.78, 5) is 24.7. The maximum atomic E-state index is 11.7. The van der Waals surface area contributed by atoms with Gasteiger partial charge in [-0.1, -0.05) is 30.3 Å². The van der Waals surface area contributed by atoms with Crippen LogP contribution < -0.4 is 5.32 Å². The summed E-state index contributed by atoms with van der Waals surface area (Å²) in [6, 6.07) is 9.60. The Morgan fingerprint density at radius 1 is 1.20 bits per heavy atom. The van der Waals surface area contributed by atoms with Crippen molar-refractivity contribution in [1.82, 2.24) is 10.2 Å². The van der Waals surface area contributed by atoms with Gasteiger partial charge in [0.05, 0.1) is 0 Å². The Balaban J connectivity index is 2.36. The highest BCUT2D eigenvalue weighted by Gasteiger charge is 2.20. The van der Waals surface area contributed by atoms with Crippen LogP contribution in [-0.4, -0.2) is 36.1 Å². The van der Waals surface area contributed by atoms with E-state index in [1.807, 2.05) is 30.3 Å². The molecule has 1 aromatic rings. The van der Waals surface area contributed by atoms with E-state index in [2.05, 4.69) is 5.32 Å². The van der Waals surface area contributed by atoms with Crippen LogP contribution in [0, 0.1) is 0 Å². The summed E-state index contributed by atoms with van der Waals surface area (Å²) in [5.41, 5.74) is 0.451. The van der Waals surface area contributed by atoms with Crippen molar-refractivity contribution < 1.29 is 14.3 Å². The molecule has 1 N–H and O–H groups in total. The average Bonchev–Trinajstić information content (AvgIpc) is 2.35. The quantitative estimate of drug-likeness (QED) is 0.918. The molecule has 5 nitrogen and oxygen atoms in total. The second-order valence-electron chi connectivity index (χ2n) is 5.60. The molecule has 1 rings (SSSR count). The van der Waals surface area contributed by atoms with Gasteiger partial charge in [0.25, 0.3) is 0 Å². The Labute approximate surface area is 119 Å². The smallest absolute Gasteiger partial charge is 0.410 e. The molecular weight excluding hydrogens is 256 g/mol. The first kappa shape index (κ1) is 16.0. The van der Waals surface area contributed by atoms with E-state index in [0.29, 0.717) is 6.54 Å². The number of rotatable bonds is 4. The molecule has 0 spiro atoms. The van der Waals surface area contributed by atoms with Gasteiger partial charge in [-0.2, -0.15) is 0 Å². The number of carbonyl (C=O) groups excluding carboxylic acids is 2. The van der Waals surface area contributed by atoms with Crippen molar-refractivity contribution in [2.75, 3.05) is 13.6 Å². The number of nitrogens with one attached hydrogen (secondary N) is 1. The zero-order chi connectivity index (χ0) is 15.2. The predicted octanol–water partition coefficient (Wildman–Crippen LogP) is 2.17. The van der Waals surface area contributed by atoms with Gasteiger partial charge < -0.3 is 15.0 Å². The first-order valence-electron chi connectivity index (χ1n) is 6.52. The Bertz CT molecular complexity index is 452. The predicted molar refractivity (Wildman–Crippen MR) is 77.2 cm³/mol. The largest absolute Gasteiger partial charge is 0.444 e. The molecule has 0 aromatic heterocycles. The van der Waals surface area contributed by atoms with Crippen molar-refractivity contribution in [3.05, 3.63) is 35.9 Å². The van der Waals surface area contributed by atoms with Gasteiger partial charge in [-0.05, 0) is 26.3 Å². The molecule has 0 unspecified atom stereocenters. The van der Waals surface area contributed by atoms with Crippen molar-refractivity contribution in [2.45, 2.75) is 32.9 Å². The molecule has 0 radical (unpaired) electrons. The molecule has 0 aliphatic rings. The van der Waals surface area contributed by atoms with E-state index in [4.69, 9.17) is 4.74 Å². The first-order valence-corrected chi connectivity index (χ1v) is 6.52. The van der Waals surface area contributed by atoms with E-state index in [1.165, 1.54) is 11.9 Å². The van der Waals surface area contributed by atoms with Crippen molar-refractivity contribution in [3.8, 4) is 0 Å². The maximum absolute atomic E-state index is 11.7. The number of benzene rings is 1. The third-order valence-electron chi connectivity index (χ3n) is 2.42. The monoisotopic (exact) mass is 278 g/mol. The van der Waals surface area contributed by atoms with Crippen molar-refractivity contribution in [3.63, 3.8) is 0 Å². The van der Waals surface area contributed by atoms with Crippen LogP contribution in [0.15, 0.2) is 30.3 Å². The molecule has 0 bridgehead atoms. The van der Waals surface area contributed by atoms with E-state index < -0.39 is 11.7 Å². The third kappa shape index (κ3) is 6.22. The molecular formula is C15H22N2O3. The van der Waals surface area contributed by atoms with E-state index in [1.54, 1.807) is 20.8 Å². The molecule has 0 aliphatic heterocycles. The van der Waals surface area contributed by atoms with E-state index >= 15 is 0 Å². The first-order chi connectivity index (χ1) is 9.28. The Morgan fingerprint density at radius 3 is 2.35 bits per heavy atom. The van der Waals surface area contributed by atoms with Crippen LogP contribution in [0.25, 0.3) is 0 Å². The van der Waals surface area contributed by atoms with Gasteiger partial charge in [0.2, 0.25) is 5.91 Å². The molecule has 110 valence electrons. The second kappa shape index (κ2) is 6.93. The lowest BCUT2D eigenvalue weighted by Gasteiger charge is -2.24. The molecule has 5 heteroatoms. The van der Waals surface area contributed by atoms with Crippen LogP contribution in [0.5, 0.6) is 0 Å². The van der Waals surface area contributed by atoms with Crippen LogP contribution in [0.2, 0.25) is 0 Å². The highest BCUT2D eigenvalue weighted by Crippen LogP contribution is 2.08. The van der Waals surface area contributed by atoms with Gasteiger partial charge >= 0.3 is 6.09 Å². The molecule has 0 saturated heterocycles. The summed E-state index contributed by atoms with van der Waals surface area (Å²) in [5.74, 6) is -0.220. The molecule has 0 aliphatic carbocycles.